The number of hydrogen-bond acceptors (Lipinski definition) is 4. The van der Waals surface area contributed by atoms with Crippen LogP contribution in [0.3, 0.4) is 0 Å². The Hall–Kier alpha value is -6.98. The Bertz CT molecular complexity index is 3080. The van der Waals surface area contributed by atoms with Gasteiger partial charge in [-0.05, 0) is 59.2 Å². The molecule has 0 saturated heterocycles. The van der Waals surface area contributed by atoms with Gasteiger partial charge in [0, 0.05) is 38.1 Å². The van der Waals surface area contributed by atoms with E-state index in [1.54, 1.807) is 0 Å². The molecule has 5 nitrogen and oxygen atoms in total. The van der Waals surface area contributed by atoms with E-state index >= 15 is 0 Å². The Kier molecular flexibility index (Phi) is 5.89. The van der Waals surface area contributed by atoms with Crippen LogP contribution in [-0.4, -0.2) is 14.5 Å². The molecule has 0 atom stereocenters. The lowest BCUT2D eigenvalue weighted by Gasteiger charge is -2.11. The predicted octanol–water partition coefficient (Wildman–Crippen LogP) is 12.4. The molecule has 0 spiro atoms. The van der Waals surface area contributed by atoms with Crippen molar-refractivity contribution in [2.45, 2.75) is 0 Å². The van der Waals surface area contributed by atoms with Gasteiger partial charge >= 0.3 is 0 Å². The third-order valence-electron chi connectivity index (χ3n) is 10.0. The number of hydrogen-bond donors (Lipinski definition) is 0. The fraction of sp³-hybridized carbons (Fsp3) is 0. The second kappa shape index (κ2) is 10.8. The van der Waals surface area contributed by atoms with Gasteiger partial charge in [-0.25, -0.2) is 9.97 Å². The summed E-state index contributed by atoms with van der Waals surface area (Å²) in [6.45, 7) is 0. The monoisotopic (exact) mass is 653 g/mol. The van der Waals surface area contributed by atoms with Gasteiger partial charge in [-0.2, -0.15) is 0 Å². The number of para-hydroxylation sites is 3. The molecule has 7 aromatic carbocycles. The van der Waals surface area contributed by atoms with E-state index < -0.39 is 0 Å². The number of fused-ring (bicyclic) bond motifs is 9. The average Bonchev–Trinajstić information content (AvgIpc) is 3.88. The fourth-order valence-electron chi connectivity index (χ4n) is 7.74. The molecule has 4 aromatic heterocycles. The van der Waals surface area contributed by atoms with Crippen LogP contribution in [0.25, 0.3) is 105 Å². The Morgan fingerprint density at radius 3 is 1.76 bits per heavy atom. The van der Waals surface area contributed by atoms with E-state index in [9.17, 15) is 0 Å². The van der Waals surface area contributed by atoms with E-state index in [-0.39, 0.29) is 0 Å². The first-order chi connectivity index (χ1) is 25.3. The van der Waals surface area contributed by atoms with Crippen LogP contribution in [0.1, 0.15) is 0 Å². The number of rotatable bonds is 4. The molecular weight excluding hydrogens is 627 g/mol. The standard InChI is InChI=1S/C46H27N3O2/c1-3-14-28(15-4-1)30-26-35(29-16-5-2-6-17-29)43-36(27-30)41-34(21-13-25-40(41)51-43)45-47-42-33-20-9-12-24-39(33)50-44(42)46(48-45)49-37-22-10-7-18-31(37)32-19-8-11-23-38(32)49/h1-27H. The molecule has 0 fully saturated rings. The van der Waals surface area contributed by atoms with Crippen LogP contribution in [0.4, 0.5) is 0 Å². The highest BCUT2D eigenvalue weighted by atomic mass is 16.3. The first-order valence-corrected chi connectivity index (χ1v) is 17.1. The highest BCUT2D eigenvalue weighted by Crippen LogP contribution is 2.44. The third kappa shape index (κ3) is 4.15. The first kappa shape index (κ1) is 27.9. The Morgan fingerprint density at radius 2 is 1.02 bits per heavy atom. The Labute approximate surface area is 291 Å². The lowest BCUT2D eigenvalue weighted by atomic mass is 9.95. The second-order valence-electron chi connectivity index (χ2n) is 12.9. The molecule has 0 aliphatic heterocycles. The smallest absolute Gasteiger partial charge is 0.197 e. The maximum absolute atomic E-state index is 6.77. The van der Waals surface area contributed by atoms with Gasteiger partial charge in [-0.3, -0.25) is 4.57 Å². The Balaban J connectivity index is 1.27. The summed E-state index contributed by atoms with van der Waals surface area (Å²) in [5, 5.41) is 5.24. The summed E-state index contributed by atoms with van der Waals surface area (Å²) < 4.78 is 15.6. The van der Waals surface area contributed by atoms with Crippen molar-refractivity contribution in [2.24, 2.45) is 0 Å². The van der Waals surface area contributed by atoms with Crippen molar-refractivity contribution in [1.29, 1.82) is 0 Å². The van der Waals surface area contributed by atoms with Gasteiger partial charge < -0.3 is 8.83 Å². The minimum absolute atomic E-state index is 0.602. The predicted molar refractivity (Wildman–Crippen MR) is 207 cm³/mol. The normalized spacial score (nSPS) is 11.9. The summed E-state index contributed by atoms with van der Waals surface area (Å²) in [6.07, 6.45) is 0. The van der Waals surface area contributed by atoms with Crippen molar-refractivity contribution in [2.75, 3.05) is 0 Å². The molecule has 0 N–H and O–H groups in total. The zero-order valence-corrected chi connectivity index (χ0v) is 27.2. The topological polar surface area (TPSA) is 57.0 Å². The summed E-state index contributed by atoms with van der Waals surface area (Å²) in [5.41, 5.74) is 11.2. The van der Waals surface area contributed by atoms with Crippen LogP contribution in [0.2, 0.25) is 0 Å². The molecule has 0 radical (unpaired) electrons. The van der Waals surface area contributed by atoms with Gasteiger partial charge in [-0.15, -0.1) is 0 Å². The Morgan fingerprint density at radius 1 is 0.412 bits per heavy atom. The van der Waals surface area contributed by atoms with Crippen LogP contribution >= 0.6 is 0 Å². The molecule has 238 valence electrons. The van der Waals surface area contributed by atoms with E-state index in [0.717, 1.165) is 88.0 Å². The van der Waals surface area contributed by atoms with Crippen LogP contribution in [0.5, 0.6) is 0 Å². The van der Waals surface area contributed by atoms with E-state index in [2.05, 4.69) is 126 Å². The maximum atomic E-state index is 6.77. The van der Waals surface area contributed by atoms with E-state index in [1.165, 1.54) is 0 Å². The summed E-state index contributed by atoms with van der Waals surface area (Å²) in [5.74, 6) is 1.30. The van der Waals surface area contributed by atoms with E-state index in [4.69, 9.17) is 18.8 Å². The molecule has 0 aliphatic rings. The first-order valence-electron chi connectivity index (χ1n) is 17.1. The van der Waals surface area contributed by atoms with Crippen molar-refractivity contribution in [3.63, 3.8) is 0 Å². The summed E-state index contributed by atoms with van der Waals surface area (Å²) in [6, 6.07) is 56.6. The largest absolute Gasteiger partial charge is 0.455 e. The zero-order chi connectivity index (χ0) is 33.5. The maximum Gasteiger partial charge on any atom is 0.197 e. The zero-order valence-electron chi connectivity index (χ0n) is 27.2. The molecule has 0 amide bonds. The van der Waals surface area contributed by atoms with Crippen molar-refractivity contribution in [1.82, 2.24) is 14.5 Å². The molecular formula is C46H27N3O2. The van der Waals surface area contributed by atoms with E-state index in [0.29, 0.717) is 17.2 Å². The van der Waals surface area contributed by atoms with Crippen LogP contribution in [-0.2, 0) is 0 Å². The molecule has 11 aromatic rings. The highest BCUT2D eigenvalue weighted by Gasteiger charge is 2.24. The van der Waals surface area contributed by atoms with Crippen molar-refractivity contribution in [3.8, 4) is 39.5 Å². The SMILES string of the molecule is c1ccc(-c2cc(-c3ccccc3)c3oc4cccc(-c5nc(-n6c7ccccc7c7ccccc76)c6oc7ccccc7c6n5)c4c3c2)cc1. The summed E-state index contributed by atoms with van der Waals surface area (Å²) >= 11 is 0. The number of furan rings is 2. The molecule has 51 heavy (non-hydrogen) atoms. The molecule has 0 unspecified atom stereocenters. The van der Waals surface area contributed by atoms with Crippen LogP contribution in [0, 0.1) is 0 Å². The third-order valence-corrected chi connectivity index (χ3v) is 10.0. The number of benzene rings is 7. The van der Waals surface area contributed by atoms with Gasteiger partial charge in [0.05, 0.1) is 11.0 Å². The molecule has 4 heterocycles. The summed E-state index contributed by atoms with van der Waals surface area (Å²) in [7, 11) is 0. The molecule has 0 aliphatic carbocycles. The summed E-state index contributed by atoms with van der Waals surface area (Å²) in [4.78, 5) is 10.7. The molecule has 0 saturated carbocycles. The molecule has 0 bridgehead atoms. The average molecular weight is 654 g/mol. The minimum atomic E-state index is 0.602. The fourth-order valence-corrected chi connectivity index (χ4v) is 7.74. The van der Waals surface area contributed by atoms with Gasteiger partial charge in [0.2, 0.25) is 0 Å². The van der Waals surface area contributed by atoms with Gasteiger partial charge in [0.25, 0.3) is 0 Å². The molecule has 11 rings (SSSR count). The molecule has 5 heteroatoms. The lowest BCUT2D eigenvalue weighted by Crippen LogP contribution is -2.02. The van der Waals surface area contributed by atoms with Gasteiger partial charge in [0.15, 0.2) is 17.2 Å². The van der Waals surface area contributed by atoms with E-state index in [1.807, 2.05) is 42.5 Å². The lowest BCUT2D eigenvalue weighted by molar-refractivity contribution is 0.662. The second-order valence-corrected chi connectivity index (χ2v) is 12.9. The van der Waals surface area contributed by atoms with Crippen molar-refractivity contribution in [3.05, 3.63) is 164 Å². The van der Waals surface area contributed by atoms with Crippen LogP contribution < -0.4 is 0 Å². The quantitative estimate of drug-likeness (QED) is 0.190. The van der Waals surface area contributed by atoms with Gasteiger partial charge in [-0.1, -0.05) is 121 Å². The van der Waals surface area contributed by atoms with Gasteiger partial charge in [0.1, 0.15) is 22.3 Å². The van der Waals surface area contributed by atoms with Crippen molar-refractivity contribution < 1.29 is 8.83 Å². The number of aromatic nitrogens is 3. The van der Waals surface area contributed by atoms with Crippen LogP contribution in [0.15, 0.2) is 173 Å². The number of nitrogens with zero attached hydrogens (tertiary/aromatic N) is 3. The highest BCUT2D eigenvalue weighted by molar-refractivity contribution is 6.17. The minimum Gasteiger partial charge on any atom is -0.455 e. The van der Waals surface area contributed by atoms with Crippen molar-refractivity contribution >= 4 is 65.8 Å².